The smallest absolute Gasteiger partial charge is 0.434 e. The molecule has 0 radical (unpaired) electrons. The van der Waals surface area contributed by atoms with E-state index in [0.29, 0.717) is 18.4 Å². The Kier molecular flexibility index (Phi) is 4.20. The molecule has 2 N–H and O–H groups in total. The Labute approximate surface area is 140 Å². The van der Waals surface area contributed by atoms with Crippen molar-refractivity contribution >= 4 is 11.9 Å². The Morgan fingerprint density at radius 2 is 2.00 bits per heavy atom. The molecule has 8 heteroatoms. The van der Waals surface area contributed by atoms with Gasteiger partial charge in [-0.3, -0.25) is 9.78 Å². The van der Waals surface area contributed by atoms with Crippen molar-refractivity contribution in [3.05, 3.63) is 64.5 Å². The molecule has 25 heavy (non-hydrogen) atoms. The van der Waals surface area contributed by atoms with Crippen LogP contribution in [0.15, 0.2) is 36.5 Å². The third kappa shape index (κ3) is 3.33. The Morgan fingerprint density at radius 1 is 1.24 bits per heavy atom. The second-order valence-corrected chi connectivity index (χ2v) is 5.68. The number of nitrogens with zero attached hydrogens (tertiary/aromatic N) is 1. The summed E-state index contributed by atoms with van der Waals surface area (Å²) in [6, 6.07) is 6.36. The summed E-state index contributed by atoms with van der Waals surface area (Å²) in [7, 11) is 0. The van der Waals surface area contributed by atoms with E-state index in [9.17, 15) is 22.8 Å². The van der Waals surface area contributed by atoms with Crippen molar-refractivity contribution in [1.29, 1.82) is 0 Å². The van der Waals surface area contributed by atoms with Crippen molar-refractivity contribution in [2.24, 2.45) is 0 Å². The number of carbonyl (C=O) groups excluding carboxylic acids is 1. The fraction of sp³-hybridized carbons (Fsp3) is 0.235. The second kappa shape index (κ2) is 6.19. The van der Waals surface area contributed by atoms with Crippen LogP contribution in [0, 0.1) is 0 Å². The van der Waals surface area contributed by atoms with Gasteiger partial charge in [0.1, 0.15) is 0 Å². The van der Waals surface area contributed by atoms with Crippen LogP contribution >= 0.6 is 0 Å². The van der Waals surface area contributed by atoms with E-state index < -0.39 is 35.4 Å². The number of fused-ring (bicyclic) bond motifs is 1. The number of pyridine rings is 1. The maximum atomic E-state index is 13.0. The minimum atomic E-state index is -4.74. The van der Waals surface area contributed by atoms with Crippen molar-refractivity contribution < 1.29 is 27.9 Å². The summed E-state index contributed by atoms with van der Waals surface area (Å²) in [5, 5.41) is 11.6. The molecule has 1 aliphatic rings. The first-order chi connectivity index (χ1) is 11.8. The summed E-state index contributed by atoms with van der Waals surface area (Å²) < 4.78 is 39.0. The number of aromatic nitrogens is 1. The lowest BCUT2D eigenvalue weighted by molar-refractivity contribution is -0.141. The molecule has 0 bridgehead atoms. The topological polar surface area (TPSA) is 79.3 Å². The van der Waals surface area contributed by atoms with E-state index in [2.05, 4.69) is 10.3 Å². The minimum absolute atomic E-state index is 0.0669. The fourth-order valence-corrected chi connectivity index (χ4v) is 2.94. The summed E-state index contributed by atoms with van der Waals surface area (Å²) in [5.41, 5.74) is -0.247. The summed E-state index contributed by atoms with van der Waals surface area (Å²) >= 11 is 0. The highest BCUT2D eigenvalue weighted by molar-refractivity contribution is 5.96. The molecule has 1 amide bonds. The first-order valence-corrected chi connectivity index (χ1v) is 7.46. The molecule has 0 spiro atoms. The van der Waals surface area contributed by atoms with Gasteiger partial charge in [0, 0.05) is 6.20 Å². The zero-order valence-electron chi connectivity index (χ0n) is 12.8. The molecule has 1 atom stereocenters. The molecule has 0 saturated heterocycles. The van der Waals surface area contributed by atoms with Crippen molar-refractivity contribution in [1.82, 2.24) is 10.3 Å². The van der Waals surface area contributed by atoms with E-state index in [-0.39, 0.29) is 5.56 Å². The van der Waals surface area contributed by atoms with Gasteiger partial charge >= 0.3 is 12.1 Å². The Bertz CT molecular complexity index is 849. The van der Waals surface area contributed by atoms with Crippen LogP contribution in [0.3, 0.4) is 0 Å². The van der Waals surface area contributed by atoms with Gasteiger partial charge in [-0.15, -0.1) is 0 Å². The third-order valence-corrected chi connectivity index (χ3v) is 4.10. The largest absolute Gasteiger partial charge is 0.478 e. The molecule has 3 rings (SSSR count). The standard InChI is InChI=1S/C17H13F3N2O3/c18-17(19,20)14-11(2-1-7-21-14)15(23)22-13-6-5-9-3-4-10(16(24)25)8-12(9)13/h1-4,7-8,13H,5-6H2,(H,22,23)(H,24,25)/t13-/m1/s1. The normalized spacial score (nSPS) is 16.4. The summed E-state index contributed by atoms with van der Waals surface area (Å²) in [6.07, 6.45) is -2.66. The van der Waals surface area contributed by atoms with Crippen LogP contribution in [-0.2, 0) is 12.6 Å². The van der Waals surface area contributed by atoms with Gasteiger partial charge in [0.15, 0.2) is 5.69 Å². The van der Waals surface area contributed by atoms with E-state index in [1.165, 1.54) is 18.2 Å². The van der Waals surface area contributed by atoms with E-state index in [4.69, 9.17) is 5.11 Å². The maximum Gasteiger partial charge on any atom is 0.434 e. The van der Waals surface area contributed by atoms with Crippen molar-refractivity contribution in [2.75, 3.05) is 0 Å². The van der Waals surface area contributed by atoms with E-state index in [1.54, 1.807) is 6.07 Å². The van der Waals surface area contributed by atoms with Crippen LogP contribution in [0.1, 0.15) is 50.0 Å². The maximum absolute atomic E-state index is 13.0. The lowest BCUT2D eigenvalue weighted by Crippen LogP contribution is -2.29. The number of amides is 1. The molecule has 2 aromatic rings. The predicted molar refractivity (Wildman–Crippen MR) is 81.2 cm³/mol. The molecular formula is C17H13F3N2O3. The number of rotatable bonds is 3. The number of aryl methyl sites for hydroxylation is 1. The van der Waals surface area contributed by atoms with Gasteiger partial charge in [0.2, 0.25) is 0 Å². The van der Waals surface area contributed by atoms with Crippen molar-refractivity contribution in [3.8, 4) is 0 Å². The fourth-order valence-electron chi connectivity index (χ4n) is 2.94. The van der Waals surface area contributed by atoms with Gasteiger partial charge in [-0.25, -0.2) is 4.79 Å². The monoisotopic (exact) mass is 350 g/mol. The number of hydrogen-bond donors (Lipinski definition) is 2. The van der Waals surface area contributed by atoms with Crippen LogP contribution < -0.4 is 5.32 Å². The van der Waals surface area contributed by atoms with Crippen molar-refractivity contribution in [2.45, 2.75) is 25.1 Å². The lowest BCUT2D eigenvalue weighted by Gasteiger charge is -2.16. The number of nitrogens with one attached hydrogen (secondary N) is 1. The SMILES string of the molecule is O=C(O)c1ccc2c(c1)[C@H](NC(=O)c1cccnc1C(F)(F)F)CC2. The number of carbonyl (C=O) groups is 2. The number of carboxylic acid groups (broad SMARTS) is 1. The second-order valence-electron chi connectivity index (χ2n) is 5.68. The van der Waals surface area contributed by atoms with Gasteiger partial charge in [-0.2, -0.15) is 13.2 Å². The predicted octanol–water partition coefficient (Wildman–Crippen LogP) is 3.22. The molecule has 1 heterocycles. The zero-order valence-corrected chi connectivity index (χ0v) is 12.8. The molecule has 5 nitrogen and oxygen atoms in total. The van der Waals surface area contributed by atoms with Crippen LogP contribution in [0.4, 0.5) is 13.2 Å². The van der Waals surface area contributed by atoms with Gasteiger partial charge in [0.05, 0.1) is 17.2 Å². The number of halogens is 3. The third-order valence-electron chi connectivity index (χ3n) is 4.10. The minimum Gasteiger partial charge on any atom is -0.478 e. The summed E-state index contributed by atoms with van der Waals surface area (Å²) in [5.74, 6) is -2.00. The van der Waals surface area contributed by atoms with Crippen LogP contribution in [0.25, 0.3) is 0 Å². The molecule has 1 aliphatic carbocycles. The average molecular weight is 350 g/mol. The van der Waals surface area contributed by atoms with Gasteiger partial charge in [-0.05, 0) is 48.2 Å². The quantitative estimate of drug-likeness (QED) is 0.891. The summed E-state index contributed by atoms with van der Waals surface area (Å²) in [4.78, 5) is 26.7. The molecule has 0 saturated carbocycles. The molecule has 0 aliphatic heterocycles. The number of hydrogen-bond acceptors (Lipinski definition) is 3. The molecule has 1 aromatic carbocycles. The molecular weight excluding hydrogens is 337 g/mol. The van der Waals surface area contributed by atoms with E-state index in [0.717, 1.165) is 17.8 Å². The van der Waals surface area contributed by atoms with Crippen LogP contribution in [0.5, 0.6) is 0 Å². The first kappa shape index (κ1) is 16.9. The number of aromatic carboxylic acids is 1. The first-order valence-electron chi connectivity index (χ1n) is 7.46. The number of carboxylic acids is 1. The highest BCUT2D eigenvalue weighted by Gasteiger charge is 2.37. The van der Waals surface area contributed by atoms with Crippen LogP contribution in [0.2, 0.25) is 0 Å². The van der Waals surface area contributed by atoms with Gasteiger partial charge < -0.3 is 10.4 Å². The lowest BCUT2D eigenvalue weighted by atomic mass is 10.0. The molecule has 130 valence electrons. The number of benzene rings is 1. The number of alkyl halides is 3. The van der Waals surface area contributed by atoms with Gasteiger partial charge in [-0.1, -0.05) is 6.07 Å². The Morgan fingerprint density at radius 3 is 2.68 bits per heavy atom. The molecule has 0 unspecified atom stereocenters. The molecule has 1 aromatic heterocycles. The highest BCUT2D eigenvalue weighted by atomic mass is 19.4. The highest BCUT2D eigenvalue weighted by Crippen LogP contribution is 2.33. The average Bonchev–Trinajstić information content (AvgIpc) is 2.96. The van der Waals surface area contributed by atoms with E-state index in [1.807, 2.05) is 0 Å². The summed E-state index contributed by atoms with van der Waals surface area (Å²) in [6.45, 7) is 0. The zero-order chi connectivity index (χ0) is 18.2. The van der Waals surface area contributed by atoms with Gasteiger partial charge in [0.25, 0.3) is 5.91 Å². The van der Waals surface area contributed by atoms with Crippen LogP contribution in [-0.4, -0.2) is 22.0 Å². The molecule has 0 fully saturated rings. The Balaban J connectivity index is 1.88. The Hall–Kier alpha value is -2.90. The van der Waals surface area contributed by atoms with Crippen molar-refractivity contribution in [3.63, 3.8) is 0 Å². The van der Waals surface area contributed by atoms with E-state index >= 15 is 0 Å².